The number of nitrogens with two attached hydrogens (primary N) is 1. The highest BCUT2D eigenvalue weighted by molar-refractivity contribution is 5.74. The maximum Gasteiger partial charge on any atom is 0.219 e. The van der Waals surface area contributed by atoms with Gasteiger partial charge in [0.1, 0.15) is 11.6 Å². The Kier molecular flexibility index (Phi) is 4.04. The first-order valence-corrected chi connectivity index (χ1v) is 6.37. The minimum atomic E-state index is -0.344. The third-order valence-corrected chi connectivity index (χ3v) is 3.68. The van der Waals surface area contributed by atoms with Crippen LogP contribution in [-0.4, -0.2) is 31.0 Å². The molecule has 0 spiro atoms. The molecule has 2 rings (SSSR count). The highest BCUT2D eigenvalue weighted by atomic mass is 19.1. The van der Waals surface area contributed by atoms with Gasteiger partial charge in [0.05, 0.1) is 13.2 Å². The van der Waals surface area contributed by atoms with E-state index in [0.29, 0.717) is 18.8 Å². The van der Waals surface area contributed by atoms with E-state index < -0.39 is 0 Å². The molecule has 0 aliphatic carbocycles. The van der Waals surface area contributed by atoms with Gasteiger partial charge in [0.15, 0.2) is 0 Å². The number of carbonyl (C=O) groups is 1. The van der Waals surface area contributed by atoms with Crippen LogP contribution in [-0.2, 0) is 4.79 Å². The molecular weight excluding hydrogens is 247 g/mol. The minimum Gasteiger partial charge on any atom is -0.496 e. The van der Waals surface area contributed by atoms with Crippen LogP contribution < -0.4 is 10.5 Å². The maximum atomic E-state index is 13.2. The van der Waals surface area contributed by atoms with Gasteiger partial charge in [-0.3, -0.25) is 4.79 Å². The topological polar surface area (TPSA) is 55.6 Å². The van der Waals surface area contributed by atoms with Gasteiger partial charge in [0.2, 0.25) is 5.91 Å². The molecule has 19 heavy (non-hydrogen) atoms. The van der Waals surface area contributed by atoms with Gasteiger partial charge < -0.3 is 15.4 Å². The standard InChI is InChI=1S/C14H19FN2O2/c1-9(18)17-8-10(7-16)5-13(17)12-4-3-11(15)6-14(12)19-2/h3-4,6,10,13H,5,7-8,16H2,1-2H3. The fourth-order valence-electron chi connectivity index (χ4n) is 2.70. The number of nitrogens with zero attached hydrogens (tertiary/aromatic N) is 1. The van der Waals surface area contributed by atoms with E-state index in [1.807, 2.05) is 0 Å². The number of amides is 1. The zero-order chi connectivity index (χ0) is 14.0. The number of carbonyl (C=O) groups excluding carboxylic acids is 1. The molecule has 5 heteroatoms. The molecule has 1 aromatic rings. The van der Waals surface area contributed by atoms with Crippen molar-refractivity contribution in [3.63, 3.8) is 0 Å². The van der Waals surface area contributed by atoms with Gasteiger partial charge in [0.25, 0.3) is 0 Å². The van der Waals surface area contributed by atoms with Gasteiger partial charge in [0, 0.05) is 25.1 Å². The third-order valence-electron chi connectivity index (χ3n) is 3.68. The first-order chi connectivity index (χ1) is 9.06. The summed E-state index contributed by atoms with van der Waals surface area (Å²) in [5, 5.41) is 0. The molecule has 1 aliphatic heterocycles. The zero-order valence-electron chi connectivity index (χ0n) is 11.2. The fourth-order valence-corrected chi connectivity index (χ4v) is 2.70. The summed E-state index contributed by atoms with van der Waals surface area (Å²) in [6.07, 6.45) is 0.790. The van der Waals surface area contributed by atoms with E-state index in [2.05, 4.69) is 0 Å². The SMILES string of the molecule is COc1cc(F)ccc1C1CC(CN)CN1C(C)=O. The molecule has 1 amide bonds. The lowest BCUT2D eigenvalue weighted by Crippen LogP contribution is -2.29. The Bertz CT molecular complexity index is 479. The van der Waals surface area contributed by atoms with Crippen molar-refractivity contribution in [3.05, 3.63) is 29.6 Å². The molecule has 2 N–H and O–H groups in total. The molecule has 1 heterocycles. The number of ether oxygens (including phenoxy) is 1. The molecule has 104 valence electrons. The molecule has 1 aliphatic rings. The first-order valence-electron chi connectivity index (χ1n) is 6.37. The van der Waals surface area contributed by atoms with Gasteiger partial charge in [-0.2, -0.15) is 0 Å². The molecule has 2 unspecified atom stereocenters. The monoisotopic (exact) mass is 266 g/mol. The minimum absolute atomic E-state index is 0.00679. The first kappa shape index (κ1) is 13.8. The molecule has 1 fully saturated rings. The largest absolute Gasteiger partial charge is 0.496 e. The summed E-state index contributed by atoms with van der Waals surface area (Å²) in [7, 11) is 1.51. The van der Waals surface area contributed by atoms with Crippen LogP contribution >= 0.6 is 0 Å². The second-order valence-electron chi connectivity index (χ2n) is 4.91. The van der Waals surface area contributed by atoms with E-state index in [1.165, 1.54) is 19.2 Å². The Morgan fingerprint density at radius 2 is 2.32 bits per heavy atom. The Morgan fingerprint density at radius 3 is 2.89 bits per heavy atom. The number of benzene rings is 1. The van der Waals surface area contributed by atoms with E-state index in [4.69, 9.17) is 10.5 Å². The second kappa shape index (κ2) is 5.57. The molecule has 0 aromatic heterocycles. The quantitative estimate of drug-likeness (QED) is 0.906. The lowest BCUT2D eigenvalue weighted by Gasteiger charge is -2.25. The van der Waals surface area contributed by atoms with Crippen molar-refractivity contribution in [2.75, 3.05) is 20.2 Å². The van der Waals surface area contributed by atoms with Crippen LogP contribution in [0.4, 0.5) is 4.39 Å². The summed E-state index contributed by atoms with van der Waals surface area (Å²) < 4.78 is 18.5. The molecule has 0 radical (unpaired) electrons. The molecule has 1 aromatic carbocycles. The Balaban J connectivity index is 2.36. The van der Waals surface area contributed by atoms with Crippen LogP contribution in [0.15, 0.2) is 18.2 Å². The summed E-state index contributed by atoms with van der Waals surface area (Å²) in [6.45, 7) is 2.74. The molecular formula is C14H19FN2O2. The lowest BCUT2D eigenvalue weighted by atomic mass is 9.99. The van der Waals surface area contributed by atoms with Crippen LogP contribution in [0, 0.1) is 11.7 Å². The molecule has 1 saturated heterocycles. The average Bonchev–Trinajstić information content (AvgIpc) is 2.82. The van der Waals surface area contributed by atoms with Crippen LogP contribution in [0.1, 0.15) is 24.9 Å². The summed E-state index contributed by atoms with van der Waals surface area (Å²) in [5.41, 5.74) is 6.54. The van der Waals surface area contributed by atoms with Gasteiger partial charge in [-0.25, -0.2) is 4.39 Å². The molecule has 0 saturated carbocycles. The number of hydrogen-bond donors (Lipinski definition) is 1. The Morgan fingerprint density at radius 1 is 1.58 bits per heavy atom. The van der Waals surface area contributed by atoms with Gasteiger partial charge in [-0.05, 0) is 24.9 Å². The Hall–Kier alpha value is -1.62. The highest BCUT2D eigenvalue weighted by Gasteiger charge is 2.35. The van der Waals surface area contributed by atoms with Crippen molar-refractivity contribution in [1.29, 1.82) is 0 Å². The molecule has 0 bridgehead atoms. The van der Waals surface area contributed by atoms with Crippen LogP contribution in [0.5, 0.6) is 5.75 Å². The van der Waals surface area contributed by atoms with Crippen LogP contribution in [0.25, 0.3) is 0 Å². The van der Waals surface area contributed by atoms with Gasteiger partial charge in [-0.15, -0.1) is 0 Å². The number of hydrogen-bond acceptors (Lipinski definition) is 3. The number of rotatable bonds is 3. The number of methoxy groups -OCH3 is 1. The lowest BCUT2D eigenvalue weighted by molar-refractivity contribution is -0.129. The average molecular weight is 266 g/mol. The predicted molar refractivity (Wildman–Crippen MR) is 70.2 cm³/mol. The van der Waals surface area contributed by atoms with Crippen molar-refractivity contribution < 1.29 is 13.9 Å². The maximum absolute atomic E-state index is 13.2. The number of halogens is 1. The van der Waals surface area contributed by atoms with Gasteiger partial charge >= 0.3 is 0 Å². The molecule has 4 nitrogen and oxygen atoms in total. The van der Waals surface area contributed by atoms with Gasteiger partial charge in [-0.1, -0.05) is 6.07 Å². The van der Waals surface area contributed by atoms with Crippen molar-refractivity contribution >= 4 is 5.91 Å². The van der Waals surface area contributed by atoms with Crippen molar-refractivity contribution in [2.45, 2.75) is 19.4 Å². The van der Waals surface area contributed by atoms with E-state index >= 15 is 0 Å². The van der Waals surface area contributed by atoms with E-state index in [-0.39, 0.29) is 23.7 Å². The van der Waals surface area contributed by atoms with Crippen molar-refractivity contribution in [2.24, 2.45) is 11.7 Å². The normalized spacial score (nSPS) is 22.6. The summed E-state index contributed by atoms with van der Waals surface area (Å²) >= 11 is 0. The van der Waals surface area contributed by atoms with Crippen LogP contribution in [0.2, 0.25) is 0 Å². The second-order valence-corrected chi connectivity index (χ2v) is 4.91. The van der Waals surface area contributed by atoms with E-state index in [1.54, 1.807) is 17.9 Å². The predicted octanol–water partition coefficient (Wildman–Crippen LogP) is 1.70. The molecule has 2 atom stereocenters. The van der Waals surface area contributed by atoms with E-state index in [0.717, 1.165) is 12.0 Å². The summed E-state index contributed by atoms with van der Waals surface area (Å²) in [5.74, 6) is 0.424. The summed E-state index contributed by atoms with van der Waals surface area (Å²) in [4.78, 5) is 13.5. The van der Waals surface area contributed by atoms with Crippen molar-refractivity contribution in [3.8, 4) is 5.75 Å². The Labute approximate surface area is 112 Å². The van der Waals surface area contributed by atoms with Crippen LogP contribution in [0.3, 0.4) is 0 Å². The zero-order valence-corrected chi connectivity index (χ0v) is 11.2. The smallest absolute Gasteiger partial charge is 0.219 e. The van der Waals surface area contributed by atoms with E-state index in [9.17, 15) is 9.18 Å². The number of likely N-dealkylation sites (tertiary alicyclic amines) is 1. The van der Waals surface area contributed by atoms with Crippen molar-refractivity contribution in [1.82, 2.24) is 4.90 Å². The third kappa shape index (κ3) is 2.71. The summed E-state index contributed by atoms with van der Waals surface area (Å²) in [6, 6.07) is 4.35. The fraction of sp³-hybridized carbons (Fsp3) is 0.500. The highest BCUT2D eigenvalue weighted by Crippen LogP contribution is 2.39.